The molecule has 2 rings (SSSR count). The lowest BCUT2D eigenvalue weighted by Gasteiger charge is -2.41. The average Bonchev–Trinajstić information content (AvgIpc) is 2.44. The Labute approximate surface area is 127 Å². The van der Waals surface area contributed by atoms with Gasteiger partial charge in [0.25, 0.3) is 10.0 Å². The van der Waals surface area contributed by atoms with E-state index in [1.165, 1.54) is 12.6 Å². The van der Waals surface area contributed by atoms with E-state index in [-0.39, 0.29) is 10.4 Å². The van der Waals surface area contributed by atoms with E-state index in [2.05, 4.69) is 21.9 Å². The van der Waals surface area contributed by atoms with E-state index in [0.29, 0.717) is 12.2 Å². The van der Waals surface area contributed by atoms with E-state index >= 15 is 0 Å². The second-order valence-corrected chi connectivity index (χ2v) is 7.50. The Morgan fingerprint density at radius 3 is 2.67 bits per heavy atom. The Kier molecular flexibility index (Phi) is 5.22. The lowest BCUT2D eigenvalue weighted by Crippen LogP contribution is -2.41. The molecule has 0 unspecified atom stereocenters. The fourth-order valence-corrected chi connectivity index (χ4v) is 3.91. The number of anilines is 1. The number of nitrogens with zero attached hydrogens (tertiary/aromatic N) is 1. The average molecular weight is 311 g/mol. The van der Waals surface area contributed by atoms with Gasteiger partial charge in [-0.15, -0.1) is 0 Å². The molecule has 0 saturated heterocycles. The molecule has 0 radical (unpaired) electrons. The zero-order valence-corrected chi connectivity index (χ0v) is 13.7. The highest BCUT2D eigenvalue weighted by Crippen LogP contribution is 2.43. The highest BCUT2D eigenvalue weighted by atomic mass is 32.2. The van der Waals surface area contributed by atoms with Crippen molar-refractivity contribution in [1.29, 1.82) is 0 Å². The molecular formula is C15H25N3O2S. The predicted octanol–water partition coefficient (Wildman–Crippen LogP) is 2.76. The minimum Gasteiger partial charge on any atom is -0.383 e. The zero-order valence-electron chi connectivity index (χ0n) is 12.9. The first-order chi connectivity index (χ1) is 10.0. The van der Waals surface area contributed by atoms with E-state index < -0.39 is 10.0 Å². The number of nitrogens with one attached hydrogen (secondary N) is 2. The molecule has 2 N–H and O–H groups in total. The van der Waals surface area contributed by atoms with Crippen LogP contribution in [-0.4, -0.2) is 26.5 Å². The van der Waals surface area contributed by atoms with Gasteiger partial charge in [0.1, 0.15) is 0 Å². The van der Waals surface area contributed by atoms with Gasteiger partial charge in [-0.1, -0.05) is 20.3 Å². The SMILES string of the molecule is CCCNc1cccnc1S(=O)(=O)NCC1(CC)CCC1. The van der Waals surface area contributed by atoms with Gasteiger partial charge in [-0.3, -0.25) is 0 Å². The summed E-state index contributed by atoms with van der Waals surface area (Å²) in [6.45, 7) is 5.41. The molecule has 118 valence electrons. The number of pyridine rings is 1. The van der Waals surface area contributed by atoms with Crippen LogP contribution < -0.4 is 10.0 Å². The minimum absolute atomic E-state index is 0.101. The Bertz CT molecular complexity index is 563. The molecule has 0 aromatic carbocycles. The molecule has 1 aliphatic carbocycles. The molecule has 0 aliphatic heterocycles. The van der Waals surface area contributed by atoms with E-state index in [4.69, 9.17) is 0 Å². The standard InChI is InChI=1S/C15H25N3O2S/c1-3-10-16-13-7-5-11-17-14(13)21(19,20)18-12-15(4-2)8-6-9-15/h5,7,11,16,18H,3-4,6,8-10,12H2,1-2H3. The molecule has 5 nitrogen and oxygen atoms in total. The van der Waals surface area contributed by atoms with Crippen LogP contribution in [0.1, 0.15) is 46.0 Å². The predicted molar refractivity (Wildman–Crippen MR) is 84.8 cm³/mol. The summed E-state index contributed by atoms with van der Waals surface area (Å²) in [6, 6.07) is 3.51. The van der Waals surface area contributed by atoms with Crippen LogP contribution in [0.15, 0.2) is 23.4 Å². The topological polar surface area (TPSA) is 71.1 Å². The van der Waals surface area contributed by atoms with Gasteiger partial charge in [0.15, 0.2) is 5.03 Å². The molecule has 1 aromatic rings. The van der Waals surface area contributed by atoms with Crippen molar-refractivity contribution in [1.82, 2.24) is 9.71 Å². The first-order valence-electron chi connectivity index (χ1n) is 7.71. The lowest BCUT2D eigenvalue weighted by atomic mass is 9.67. The quantitative estimate of drug-likeness (QED) is 0.774. The summed E-state index contributed by atoms with van der Waals surface area (Å²) in [5, 5.41) is 3.23. The maximum atomic E-state index is 12.5. The Hall–Kier alpha value is -1.14. The van der Waals surface area contributed by atoms with Gasteiger partial charge in [0.2, 0.25) is 0 Å². The van der Waals surface area contributed by atoms with Crippen molar-refractivity contribution in [2.45, 2.75) is 51.0 Å². The molecule has 21 heavy (non-hydrogen) atoms. The second-order valence-electron chi connectivity index (χ2n) is 5.81. The monoisotopic (exact) mass is 311 g/mol. The molecule has 6 heteroatoms. The number of hydrogen-bond acceptors (Lipinski definition) is 4. The summed E-state index contributed by atoms with van der Waals surface area (Å²) >= 11 is 0. The first kappa shape index (κ1) is 16.2. The summed E-state index contributed by atoms with van der Waals surface area (Å²) in [4.78, 5) is 4.06. The third kappa shape index (κ3) is 3.74. The van der Waals surface area contributed by atoms with Crippen LogP contribution in [0, 0.1) is 5.41 Å². The van der Waals surface area contributed by atoms with Crippen LogP contribution in [0.25, 0.3) is 0 Å². The van der Waals surface area contributed by atoms with E-state index in [0.717, 1.165) is 32.2 Å². The summed E-state index contributed by atoms with van der Waals surface area (Å²) < 4.78 is 27.8. The van der Waals surface area contributed by atoms with Gasteiger partial charge in [-0.05, 0) is 43.2 Å². The van der Waals surface area contributed by atoms with Crippen molar-refractivity contribution in [3.8, 4) is 0 Å². The van der Waals surface area contributed by atoms with Gasteiger partial charge in [0, 0.05) is 19.3 Å². The molecule has 0 atom stereocenters. The molecule has 0 bridgehead atoms. The Morgan fingerprint density at radius 1 is 1.33 bits per heavy atom. The number of rotatable bonds is 8. The van der Waals surface area contributed by atoms with Crippen LogP contribution in [-0.2, 0) is 10.0 Å². The Balaban J connectivity index is 2.12. The summed E-state index contributed by atoms with van der Waals surface area (Å²) in [7, 11) is -3.56. The third-order valence-corrected chi connectivity index (χ3v) is 5.75. The van der Waals surface area contributed by atoms with Gasteiger partial charge in [-0.25, -0.2) is 18.1 Å². The molecule has 0 spiro atoms. The third-order valence-electron chi connectivity index (χ3n) is 4.39. The molecule has 1 heterocycles. The molecule has 0 amide bonds. The molecule has 1 aliphatic rings. The minimum atomic E-state index is -3.56. The van der Waals surface area contributed by atoms with Crippen molar-refractivity contribution < 1.29 is 8.42 Å². The number of hydrogen-bond donors (Lipinski definition) is 2. The maximum Gasteiger partial charge on any atom is 0.260 e. The maximum absolute atomic E-state index is 12.5. The van der Waals surface area contributed by atoms with E-state index in [1.54, 1.807) is 12.1 Å². The van der Waals surface area contributed by atoms with Crippen molar-refractivity contribution in [2.24, 2.45) is 5.41 Å². The van der Waals surface area contributed by atoms with Gasteiger partial charge in [-0.2, -0.15) is 0 Å². The van der Waals surface area contributed by atoms with Crippen molar-refractivity contribution in [3.63, 3.8) is 0 Å². The largest absolute Gasteiger partial charge is 0.383 e. The lowest BCUT2D eigenvalue weighted by molar-refractivity contribution is 0.133. The fourth-order valence-electron chi connectivity index (χ4n) is 2.65. The molecule has 1 saturated carbocycles. The molecule has 1 fully saturated rings. The first-order valence-corrected chi connectivity index (χ1v) is 9.20. The number of aromatic nitrogens is 1. The Morgan fingerprint density at radius 2 is 2.10 bits per heavy atom. The normalized spacial score (nSPS) is 17.2. The summed E-state index contributed by atoms with van der Waals surface area (Å²) in [6.07, 6.45) is 6.87. The summed E-state index contributed by atoms with van der Waals surface area (Å²) in [5.41, 5.74) is 0.727. The molecular weight excluding hydrogens is 286 g/mol. The summed E-state index contributed by atoms with van der Waals surface area (Å²) in [5.74, 6) is 0. The van der Waals surface area contributed by atoms with E-state index in [9.17, 15) is 8.42 Å². The van der Waals surface area contributed by atoms with Gasteiger partial charge >= 0.3 is 0 Å². The van der Waals surface area contributed by atoms with Crippen molar-refractivity contribution >= 4 is 15.7 Å². The highest BCUT2D eigenvalue weighted by molar-refractivity contribution is 7.89. The van der Waals surface area contributed by atoms with Gasteiger partial charge < -0.3 is 5.32 Å². The second kappa shape index (κ2) is 6.75. The van der Waals surface area contributed by atoms with Crippen molar-refractivity contribution in [3.05, 3.63) is 18.3 Å². The van der Waals surface area contributed by atoms with Crippen LogP contribution in [0.3, 0.4) is 0 Å². The number of sulfonamides is 1. The smallest absolute Gasteiger partial charge is 0.260 e. The fraction of sp³-hybridized carbons (Fsp3) is 0.667. The van der Waals surface area contributed by atoms with Crippen molar-refractivity contribution in [2.75, 3.05) is 18.4 Å². The van der Waals surface area contributed by atoms with Crippen LogP contribution in [0.2, 0.25) is 0 Å². The van der Waals surface area contributed by atoms with Gasteiger partial charge in [0.05, 0.1) is 5.69 Å². The van der Waals surface area contributed by atoms with Crippen LogP contribution >= 0.6 is 0 Å². The van der Waals surface area contributed by atoms with E-state index in [1.807, 2.05) is 6.92 Å². The zero-order chi connectivity index (χ0) is 15.3. The van der Waals surface area contributed by atoms with Crippen LogP contribution in [0.4, 0.5) is 5.69 Å². The highest BCUT2D eigenvalue weighted by Gasteiger charge is 2.36. The molecule has 1 aromatic heterocycles. The van der Waals surface area contributed by atoms with Crippen LogP contribution in [0.5, 0.6) is 0 Å².